The lowest BCUT2D eigenvalue weighted by Crippen LogP contribution is -2.33. The molecule has 2 amide bonds. The lowest BCUT2D eigenvalue weighted by Gasteiger charge is -2.14. The van der Waals surface area contributed by atoms with E-state index in [2.05, 4.69) is 15.6 Å². The Morgan fingerprint density at radius 2 is 1.77 bits per heavy atom. The second-order valence-corrected chi connectivity index (χ2v) is 7.04. The van der Waals surface area contributed by atoms with Crippen LogP contribution in [0.5, 0.6) is 0 Å². The summed E-state index contributed by atoms with van der Waals surface area (Å²) in [6.07, 6.45) is 3.21. The Morgan fingerprint density at radius 3 is 2.43 bits per heavy atom. The second kappa shape index (κ2) is 9.96. The highest BCUT2D eigenvalue weighted by molar-refractivity contribution is 6.31. The van der Waals surface area contributed by atoms with Crippen molar-refractivity contribution < 1.29 is 14.0 Å². The number of carbonyl (C=O) groups excluding carboxylic acids is 2. The highest BCUT2D eigenvalue weighted by Gasteiger charge is 2.12. The summed E-state index contributed by atoms with van der Waals surface area (Å²) in [6.45, 7) is 0.209. The fourth-order valence-electron chi connectivity index (χ4n) is 2.76. The van der Waals surface area contributed by atoms with Crippen molar-refractivity contribution >= 4 is 29.1 Å². The maximum absolute atomic E-state index is 13.1. The predicted octanol–water partition coefficient (Wildman–Crippen LogP) is 3.49. The first-order valence-electron chi connectivity index (χ1n) is 9.20. The number of halogens is 2. The third-order valence-electron chi connectivity index (χ3n) is 4.42. The largest absolute Gasteiger partial charge is 0.354 e. The van der Waals surface area contributed by atoms with Crippen LogP contribution in [0.3, 0.4) is 0 Å². The number of aromatic nitrogens is 1. The molecule has 4 N–H and O–H groups in total. The van der Waals surface area contributed by atoms with E-state index in [1.807, 2.05) is 0 Å². The van der Waals surface area contributed by atoms with Crippen LogP contribution in [0.2, 0.25) is 5.02 Å². The van der Waals surface area contributed by atoms with Gasteiger partial charge in [0.2, 0.25) is 5.91 Å². The summed E-state index contributed by atoms with van der Waals surface area (Å²) >= 11 is 5.94. The van der Waals surface area contributed by atoms with Gasteiger partial charge >= 0.3 is 0 Å². The zero-order valence-corrected chi connectivity index (χ0v) is 16.7. The Labute approximate surface area is 178 Å². The van der Waals surface area contributed by atoms with Crippen molar-refractivity contribution in [3.63, 3.8) is 0 Å². The van der Waals surface area contributed by atoms with Gasteiger partial charge < -0.3 is 16.4 Å². The third-order valence-corrected chi connectivity index (χ3v) is 4.78. The Balaban J connectivity index is 1.52. The molecule has 0 fully saturated rings. The number of carbonyl (C=O) groups is 2. The van der Waals surface area contributed by atoms with Crippen LogP contribution in [0.4, 0.5) is 10.1 Å². The zero-order valence-electron chi connectivity index (χ0n) is 15.9. The van der Waals surface area contributed by atoms with E-state index in [1.54, 1.807) is 48.8 Å². The molecule has 154 valence electrons. The van der Waals surface area contributed by atoms with E-state index in [-0.39, 0.29) is 29.8 Å². The molecule has 1 aromatic heterocycles. The molecule has 3 rings (SSSR count). The van der Waals surface area contributed by atoms with Crippen molar-refractivity contribution in [1.29, 1.82) is 0 Å². The highest BCUT2D eigenvalue weighted by Crippen LogP contribution is 2.18. The third kappa shape index (κ3) is 5.85. The van der Waals surface area contributed by atoms with Gasteiger partial charge in [0, 0.05) is 41.3 Å². The molecule has 1 heterocycles. The smallest absolute Gasteiger partial charge is 0.255 e. The molecule has 0 aliphatic heterocycles. The summed E-state index contributed by atoms with van der Waals surface area (Å²) in [6, 6.07) is 13.7. The van der Waals surface area contributed by atoms with Crippen molar-refractivity contribution in [2.45, 2.75) is 12.5 Å². The summed E-state index contributed by atoms with van der Waals surface area (Å²) in [4.78, 5) is 28.3. The summed E-state index contributed by atoms with van der Waals surface area (Å²) in [7, 11) is 0. The van der Waals surface area contributed by atoms with Crippen LogP contribution in [0.15, 0.2) is 67.0 Å². The molecule has 0 saturated carbocycles. The maximum atomic E-state index is 13.1. The number of hydrogen-bond donors (Lipinski definition) is 3. The summed E-state index contributed by atoms with van der Waals surface area (Å²) in [5.41, 5.74) is 8.58. The maximum Gasteiger partial charge on any atom is 0.255 e. The molecule has 0 radical (unpaired) electrons. The first-order valence-corrected chi connectivity index (χ1v) is 9.57. The van der Waals surface area contributed by atoms with Gasteiger partial charge in [-0.1, -0.05) is 29.8 Å². The molecule has 0 aliphatic carbocycles. The molecule has 1 unspecified atom stereocenters. The van der Waals surface area contributed by atoms with Crippen molar-refractivity contribution in [3.05, 3.63) is 94.5 Å². The van der Waals surface area contributed by atoms with Crippen LogP contribution in [0.1, 0.15) is 27.5 Å². The molecule has 1 atom stereocenters. The first-order chi connectivity index (χ1) is 14.4. The minimum absolute atomic E-state index is 0.0277. The molecule has 0 aliphatic rings. The molecular weight excluding hydrogens is 407 g/mol. The summed E-state index contributed by atoms with van der Waals surface area (Å²) in [5, 5.41) is 5.72. The average molecular weight is 427 g/mol. The van der Waals surface area contributed by atoms with Gasteiger partial charge in [-0.2, -0.15) is 0 Å². The number of nitrogens with one attached hydrogen (secondary N) is 2. The lowest BCUT2D eigenvalue weighted by atomic mass is 10.0. The Bertz CT molecular complexity index is 1030. The number of pyridine rings is 1. The minimum Gasteiger partial charge on any atom is -0.354 e. The molecule has 6 nitrogen and oxygen atoms in total. The topological polar surface area (TPSA) is 97.1 Å². The molecular formula is C22H20ClFN4O2. The fraction of sp³-hybridized carbons (Fsp3) is 0.136. The van der Waals surface area contributed by atoms with Gasteiger partial charge in [-0.25, -0.2) is 4.39 Å². The van der Waals surface area contributed by atoms with Crippen molar-refractivity contribution in [3.8, 4) is 0 Å². The van der Waals surface area contributed by atoms with Crippen molar-refractivity contribution in [1.82, 2.24) is 10.3 Å². The number of nitrogens with two attached hydrogens (primary N) is 1. The normalized spacial score (nSPS) is 11.6. The van der Waals surface area contributed by atoms with E-state index in [0.29, 0.717) is 16.8 Å². The molecule has 8 heteroatoms. The van der Waals surface area contributed by atoms with Crippen LogP contribution in [-0.4, -0.2) is 23.3 Å². The van der Waals surface area contributed by atoms with Crippen LogP contribution in [0, 0.1) is 5.82 Å². The Morgan fingerprint density at radius 1 is 1.07 bits per heavy atom. The van der Waals surface area contributed by atoms with Crippen molar-refractivity contribution in [2.75, 3.05) is 11.9 Å². The quantitative estimate of drug-likeness (QED) is 0.538. The Hall–Kier alpha value is -3.29. The van der Waals surface area contributed by atoms with Crippen LogP contribution >= 0.6 is 11.6 Å². The summed E-state index contributed by atoms with van der Waals surface area (Å²) < 4.78 is 13.1. The zero-order chi connectivity index (χ0) is 21.5. The average Bonchev–Trinajstić information content (AvgIpc) is 2.75. The van der Waals surface area contributed by atoms with Gasteiger partial charge in [-0.3, -0.25) is 14.6 Å². The summed E-state index contributed by atoms with van der Waals surface area (Å²) in [5.74, 6) is -0.970. The fourth-order valence-corrected chi connectivity index (χ4v) is 3.00. The van der Waals surface area contributed by atoms with E-state index in [9.17, 15) is 14.0 Å². The molecule has 3 aromatic rings. The monoisotopic (exact) mass is 426 g/mol. The van der Waals surface area contributed by atoms with Gasteiger partial charge in [0.15, 0.2) is 0 Å². The van der Waals surface area contributed by atoms with Gasteiger partial charge in [0.25, 0.3) is 5.91 Å². The molecule has 0 spiro atoms. The minimum atomic E-state index is -0.455. The predicted molar refractivity (Wildman–Crippen MR) is 114 cm³/mol. The lowest BCUT2D eigenvalue weighted by molar-refractivity contribution is -0.120. The van der Waals surface area contributed by atoms with E-state index in [0.717, 1.165) is 5.56 Å². The standard InChI is InChI=1S/C22H20ClFN4O2/c23-19-12-17(24)6-5-16(19)11-21(29)27-13-20(25)14-1-3-15(4-2-14)22(30)28-18-7-9-26-10-8-18/h1-10,12,20H,11,13,25H2,(H,27,29)(H,26,28,30). The number of nitrogens with zero attached hydrogens (tertiary/aromatic N) is 1. The van der Waals surface area contributed by atoms with Crippen molar-refractivity contribution in [2.24, 2.45) is 5.73 Å². The van der Waals surface area contributed by atoms with Gasteiger partial charge in [0.1, 0.15) is 5.82 Å². The number of amides is 2. The number of rotatable bonds is 7. The van der Waals surface area contributed by atoms with Gasteiger partial charge in [-0.15, -0.1) is 0 Å². The van der Waals surface area contributed by atoms with Crippen LogP contribution < -0.4 is 16.4 Å². The van der Waals surface area contributed by atoms with Gasteiger partial charge in [-0.05, 0) is 47.5 Å². The first kappa shape index (κ1) is 21.4. The van der Waals surface area contributed by atoms with E-state index in [1.165, 1.54) is 18.2 Å². The molecule has 30 heavy (non-hydrogen) atoms. The highest BCUT2D eigenvalue weighted by atomic mass is 35.5. The van der Waals surface area contributed by atoms with Gasteiger partial charge in [0.05, 0.1) is 6.42 Å². The van der Waals surface area contributed by atoms with Crippen LogP contribution in [-0.2, 0) is 11.2 Å². The number of benzene rings is 2. The molecule has 0 bridgehead atoms. The van der Waals surface area contributed by atoms with E-state index in [4.69, 9.17) is 17.3 Å². The number of anilines is 1. The second-order valence-electron chi connectivity index (χ2n) is 6.64. The Kier molecular flexibility index (Phi) is 7.11. The molecule has 2 aromatic carbocycles. The van der Waals surface area contributed by atoms with E-state index >= 15 is 0 Å². The van der Waals surface area contributed by atoms with E-state index < -0.39 is 11.9 Å². The molecule has 0 saturated heterocycles. The number of hydrogen-bond acceptors (Lipinski definition) is 4. The SMILES string of the molecule is NC(CNC(=O)Cc1ccc(F)cc1Cl)c1ccc(C(=O)Nc2ccncc2)cc1. The van der Waals surface area contributed by atoms with Crippen LogP contribution in [0.25, 0.3) is 0 Å².